The average molecular weight is 287 g/mol. The molecule has 21 heavy (non-hydrogen) atoms. The van der Waals surface area contributed by atoms with Crippen LogP contribution in [0.15, 0.2) is 12.3 Å². The van der Waals surface area contributed by atoms with Crippen molar-refractivity contribution in [1.29, 1.82) is 0 Å². The molecule has 0 radical (unpaired) electrons. The van der Waals surface area contributed by atoms with E-state index in [4.69, 9.17) is 0 Å². The lowest BCUT2D eigenvalue weighted by molar-refractivity contribution is -0.0750. The van der Waals surface area contributed by atoms with Crippen molar-refractivity contribution in [3.8, 4) is 0 Å². The van der Waals surface area contributed by atoms with Crippen LogP contribution in [-0.2, 0) is 6.54 Å². The highest BCUT2D eigenvalue weighted by Crippen LogP contribution is 2.63. The van der Waals surface area contributed by atoms with Crippen LogP contribution in [0.25, 0.3) is 0 Å². The van der Waals surface area contributed by atoms with Gasteiger partial charge in [0.1, 0.15) is 0 Å². The van der Waals surface area contributed by atoms with Crippen LogP contribution in [0, 0.1) is 23.2 Å². The molecule has 4 bridgehead atoms. The zero-order chi connectivity index (χ0) is 14.4. The van der Waals surface area contributed by atoms with Crippen molar-refractivity contribution in [2.75, 3.05) is 7.05 Å². The molecule has 1 heterocycles. The molecule has 1 unspecified atom stereocenters. The number of hydrogen-bond acceptors (Lipinski definition) is 2. The minimum atomic E-state index is 0.500. The summed E-state index contributed by atoms with van der Waals surface area (Å²) in [6, 6.07) is 2.76. The third kappa shape index (κ3) is 2.16. The van der Waals surface area contributed by atoms with E-state index in [9.17, 15) is 0 Å². The Morgan fingerprint density at radius 3 is 2.38 bits per heavy atom. The molecule has 4 aliphatic rings. The van der Waals surface area contributed by atoms with Gasteiger partial charge in [0, 0.05) is 12.7 Å². The first kappa shape index (κ1) is 13.8. The first-order chi connectivity index (χ1) is 10.2. The molecule has 0 saturated heterocycles. The zero-order valence-corrected chi connectivity index (χ0v) is 13.5. The molecular weight excluding hydrogens is 258 g/mol. The van der Waals surface area contributed by atoms with Crippen molar-refractivity contribution in [3.05, 3.63) is 18.0 Å². The number of rotatable bonds is 5. The van der Waals surface area contributed by atoms with Gasteiger partial charge in [-0.2, -0.15) is 5.10 Å². The Morgan fingerprint density at radius 2 is 1.86 bits per heavy atom. The number of hydrogen-bond donors (Lipinski definition) is 1. The Balaban J connectivity index is 1.67. The van der Waals surface area contributed by atoms with Crippen LogP contribution in [0.3, 0.4) is 0 Å². The number of nitrogens with one attached hydrogen (secondary N) is 1. The molecule has 4 fully saturated rings. The monoisotopic (exact) mass is 287 g/mol. The topological polar surface area (TPSA) is 29.9 Å². The smallest absolute Gasteiger partial charge is 0.0559 e. The highest BCUT2D eigenvalue weighted by molar-refractivity contribution is 5.16. The minimum absolute atomic E-state index is 0.500. The molecular formula is C18H29N3. The van der Waals surface area contributed by atoms with Crippen LogP contribution in [0.4, 0.5) is 0 Å². The molecule has 4 saturated carbocycles. The summed E-state index contributed by atoms with van der Waals surface area (Å²) in [6.07, 6.45) is 12.0. The van der Waals surface area contributed by atoms with E-state index in [0.29, 0.717) is 11.5 Å². The summed E-state index contributed by atoms with van der Waals surface area (Å²) in [5.41, 5.74) is 1.94. The molecule has 116 valence electrons. The first-order valence-electron chi connectivity index (χ1n) is 8.93. The van der Waals surface area contributed by atoms with Gasteiger partial charge in [0.15, 0.2) is 0 Å². The summed E-state index contributed by atoms with van der Waals surface area (Å²) in [4.78, 5) is 0. The quantitative estimate of drug-likeness (QED) is 0.893. The molecule has 1 aromatic rings. The Hall–Kier alpha value is -0.830. The first-order valence-corrected chi connectivity index (χ1v) is 8.93. The van der Waals surface area contributed by atoms with Crippen molar-refractivity contribution in [2.45, 2.75) is 64.5 Å². The standard InChI is InChI=1S/C18H29N3/c1-3-6-21-16(4-5-20-21)17(19-2)18-10-13-7-14(11-18)9-15(8-13)12-18/h4-5,13-15,17,19H,3,6-12H2,1-2H3. The fourth-order valence-corrected chi connectivity index (χ4v) is 6.29. The predicted molar refractivity (Wildman–Crippen MR) is 84.9 cm³/mol. The van der Waals surface area contributed by atoms with E-state index < -0.39 is 0 Å². The lowest BCUT2D eigenvalue weighted by Gasteiger charge is -2.59. The molecule has 3 heteroatoms. The maximum absolute atomic E-state index is 4.58. The highest BCUT2D eigenvalue weighted by Gasteiger charge is 2.54. The molecule has 4 aliphatic carbocycles. The van der Waals surface area contributed by atoms with Crippen LogP contribution in [0.5, 0.6) is 0 Å². The van der Waals surface area contributed by atoms with Crippen molar-refractivity contribution >= 4 is 0 Å². The van der Waals surface area contributed by atoms with Crippen molar-refractivity contribution in [3.63, 3.8) is 0 Å². The Labute approximate surface area is 128 Å². The van der Waals surface area contributed by atoms with E-state index in [2.05, 4.69) is 35.1 Å². The van der Waals surface area contributed by atoms with E-state index in [1.54, 1.807) is 0 Å². The van der Waals surface area contributed by atoms with E-state index in [-0.39, 0.29) is 0 Å². The number of nitrogens with zero attached hydrogens (tertiary/aromatic N) is 2. The number of aryl methyl sites for hydroxylation is 1. The van der Waals surface area contributed by atoms with Crippen LogP contribution in [-0.4, -0.2) is 16.8 Å². The largest absolute Gasteiger partial charge is 0.311 e. The van der Waals surface area contributed by atoms with Gasteiger partial charge in [-0.15, -0.1) is 0 Å². The van der Waals surface area contributed by atoms with E-state index in [0.717, 1.165) is 30.7 Å². The molecule has 0 aliphatic heterocycles. The van der Waals surface area contributed by atoms with Gasteiger partial charge in [-0.05, 0) is 81.2 Å². The summed E-state index contributed by atoms with van der Waals surface area (Å²) in [7, 11) is 2.16. The Kier molecular flexibility index (Phi) is 3.36. The highest BCUT2D eigenvalue weighted by atomic mass is 15.3. The third-order valence-corrected chi connectivity index (χ3v) is 6.47. The normalized spacial score (nSPS) is 38.9. The molecule has 0 aromatic carbocycles. The molecule has 5 rings (SSSR count). The van der Waals surface area contributed by atoms with E-state index >= 15 is 0 Å². The van der Waals surface area contributed by atoms with Gasteiger partial charge in [0.25, 0.3) is 0 Å². The second kappa shape index (κ2) is 5.12. The lowest BCUT2D eigenvalue weighted by atomic mass is 9.47. The lowest BCUT2D eigenvalue weighted by Crippen LogP contribution is -2.51. The second-order valence-corrected chi connectivity index (χ2v) is 7.98. The fraction of sp³-hybridized carbons (Fsp3) is 0.833. The van der Waals surface area contributed by atoms with Crippen molar-refractivity contribution in [1.82, 2.24) is 15.1 Å². The van der Waals surface area contributed by atoms with Gasteiger partial charge in [-0.1, -0.05) is 6.92 Å². The summed E-state index contributed by atoms with van der Waals surface area (Å²) in [5.74, 6) is 3.03. The molecule has 0 spiro atoms. The molecule has 1 atom stereocenters. The number of aromatic nitrogens is 2. The zero-order valence-electron chi connectivity index (χ0n) is 13.5. The van der Waals surface area contributed by atoms with Gasteiger partial charge in [0.05, 0.1) is 11.7 Å². The van der Waals surface area contributed by atoms with Gasteiger partial charge in [0.2, 0.25) is 0 Å². The summed E-state index contributed by atoms with van der Waals surface area (Å²) >= 11 is 0. The van der Waals surface area contributed by atoms with Crippen LogP contribution >= 0.6 is 0 Å². The molecule has 1 aromatic heterocycles. The van der Waals surface area contributed by atoms with Crippen LogP contribution < -0.4 is 5.32 Å². The maximum atomic E-state index is 4.58. The average Bonchev–Trinajstić information content (AvgIpc) is 2.86. The molecule has 0 amide bonds. The summed E-state index contributed by atoms with van der Waals surface area (Å²) in [5, 5.41) is 8.28. The third-order valence-electron chi connectivity index (χ3n) is 6.47. The van der Waals surface area contributed by atoms with Crippen LogP contribution in [0.2, 0.25) is 0 Å². The van der Waals surface area contributed by atoms with Crippen molar-refractivity contribution in [2.24, 2.45) is 23.2 Å². The fourth-order valence-electron chi connectivity index (χ4n) is 6.29. The maximum Gasteiger partial charge on any atom is 0.0559 e. The summed E-state index contributed by atoms with van der Waals surface area (Å²) in [6.45, 7) is 3.29. The van der Waals surface area contributed by atoms with Gasteiger partial charge >= 0.3 is 0 Å². The minimum Gasteiger partial charge on any atom is -0.311 e. The van der Waals surface area contributed by atoms with E-state index in [1.807, 2.05) is 6.20 Å². The Morgan fingerprint density at radius 1 is 1.24 bits per heavy atom. The summed E-state index contributed by atoms with van der Waals surface area (Å²) < 4.78 is 2.25. The Bertz CT molecular complexity index is 469. The van der Waals surface area contributed by atoms with Crippen molar-refractivity contribution < 1.29 is 0 Å². The predicted octanol–water partition coefficient (Wildman–Crippen LogP) is 3.77. The van der Waals surface area contributed by atoms with Crippen LogP contribution in [0.1, 0.15) is 63.6 Å². The SMILES string of the molecule is CCCn1nccc1C(NC)C12CC3CC(CC(C3)C1)C2. The van der Waals surface area contributed by atoms with E-state index in [1.165, 1.54) is 44.2 Å². The van der Waals surface area contributed by atoms with Gasteiger partial charge in [-0.3, -0.25) is 4.68 Å². The van der Waals surface area contributed by atoms with Gasteiger partial charge < -0.3 is 5.32 Å². The molecule has 3 nitrogen and oxygen atoms in total. The molecule has 1 N–H and O–H groups in total. The second-order valence-electron chi connectivity index (χ2n) is 7.98. The van der Waals surface area contributed by atoms with Gasteiger partial charge in [-0.25, -0.2) is 0 Å².